The lowest BCUT2D eigenvalue weighted by atomic mass is 10.0. The van der Waals surface area contributed by atoms with Gasteiger partial charge in [0.15, 0.2) is 0 Å². The van der Waals surface area contributed by atoms with Gasteiger partial charge < -0.3 is 19.9 Å². The van der Waals surface area contributed by atoms with E-state index in [-0.39, 0.29) is 12.2 Å². The van der Waals surface area contributed by atoms with E-state index in [9.17, 15) is 14.7 Å². The minimum Gasteiger partial charge on any atom is -0.480 e. The maximum absolute atomic E-state index is 12.3. The molecule has 7 heteroatoms. The van der Waals surface area contributed by atoms with Crippen molar-refractivity contribution in [3.05, 3.63) is 53.5 Å². The molecule has 3 N–H and O–H groups in total. The summed E-state index contributed by atoms with van der Waals surface area (Å²) < 4.78 is 5.05. The molecule has 2 aromatic heterocycles. The average molecular weight is 339 g/mol. The average Bonchev–Trinajstić information content (AvgIpc) is 3.19. The summed E-state index contributed by atoms with van der Waals surface area (Å²) in [4.78, 5) is 27.0. The first-order valence-electron chi connectivity index (χ1n) is 8.17. The summed E-state index contributed by atoms with van der Waals surface area (Å²) in [5.41, 5.74) is 2.52. The second kappa shape index (κ2) is 6.08. The topological polar surface area (TPSA) is 108 Å². The lowest BCUT2D eigenvalue weighted by Crippen LogP contribution is -2.42. The van der Waals surface area contributed by atoms with Crippen molar-refractivity contribution < 1.29 is 19.2 Å². The van der Waals surface area contributed by atoms with Gasteiger partial charge >= 0.3 is 5.97 Å². The molecule has 1 saturated carbocycles. The molecule has 0 aliphatic heterocycles. The van der Waals surface area contributed by atoms with Crippen LogP contribution in [0.15, 0.2) is 41.1 Å². The zero-order valence-electron chi connectivity index (χ0n) is 13.4. The summed E-state index contributed by atoms with van der Waals surface area (Å²) in [6.45, 7) is 0. The third-order valence-electron chi connectivity index (χ3n) is 4.45. The Morgan fingerprint density at radius 2 is 2.16 bits per heavy atom. The van der Waals surface area contributed by atoms with Crippen molar-refractivity contribution in [1.29, 1.82) is 0 Å². The number of nitrogens with zero attached hydrogens (tertiary/aromatic N) is 1. The van der Waals surface area contributed by atoms with Gasteiger partial charge in [-0.1, -0.05) is 23.4 Å². The predicted molar refractivity (Wildman–Crippen MR) is 89.4 cm³/mol. The Bertz CT molecular complexity index is 939. The van der Waals surface area contributed by atoms with Crippen LogP contribution < -0.4 is 5.32 Å². The molecule has 7 nitrogen and oxygen atoms in total. The molecule has 4 rings (SSSR count). The molecule has 0 spiro atoms. The molecular weight excluding hydrogens is 322 g/mol. The minimum atomic E-state index is -1.10. The second-order valence-corrected chi connectivity index (χ2v) is 6.32. The second-order valence-electron chi connectivity index (χ2n) is 6.32. The first-order valence-corrected chi connectivity index (χ1v) is 8.17. The Morgan fingerprint density at radius 1 is 1.36 bits per heavy atom. The van der Waals surface area contributed by atoms with Gasteiger partial charge in [-0.3, -0.25) is 4.79 Å². The number of fused-ring (bicyclic) bond motifs is 1. The van der Waals surface area contributed by atoms with Crippen molar-refractivity contribution in [2.75, 3.05) is 0 Å². The van der Waals surface area contributed by atoms with E-state index in [0.717, 1.165) is 35.0 Å². The molecule has 1 aliphatic rings. The van der Waals surface area contributed by atoms with E-state index in [2.05, 4.69) is 15.5 Å². The fourth-order valence-corrected chi connectivity index (χ4v) is 2.92. The van der Waals surface area contributed by atoms with Gasteiger partial charge in [0.25, 0.3) is 5.91 Å². The van der Waals surface area contributed by atoms with Crippen LogP contribution in [0.1, 0.15) is 40.6 Å². The molecule has 0 bridgehead atoms. The van der Waals surface area contributed by atoms with E-state index in [0.29, 0.717) is 5.92 Å². The quantitative estimate of drug-likeness (QED) is 0.639. The number of amides is 1. The number of para-hydroxylation sites is 1. The monoisotopic (exact) mass is 339 g/mol. The van der Waals surface area contributed by atoms with Gasteiger partial charge in [-0.2, -0.15) is 0 Å². The summed E-state index contributed by atoms with van der Waals surface area (Å²) in [7, 11) is 0. The Morgan fingerprint density at radius 3 is 2.92 bits per heavy atom. The van der Waals surface area contributed by atoms with Crippen LogP contribution in [0.3, 0.4) is 0 Å². The Hall–Kier alpha value is -3.09. The Balaban J connectivity index is 1.50. The lowest BCUT2D eigenvalue weighted by molar-refractivity contribution is -0.139. The number of H-pyrrole nitrogens is 1. The Kier molecular flexibility index (Phi) is 3.76. The van der Waals surface area contributed by atoms with E-state index in [1.807, 2.05) is 24.3 Å². The van der Waals surface area contributed by atoms with Crippen molar-refractivity contribution in [2.24, 2.45) is 0 Å². The van der Waals surface area contributed by atoms with E-state index in [1.54, 1.807) is 12.3 Å². The van der Waals surface area contributed by atoms with Crippen LogP contribution in [-0.4, -0.2) is 33.2 Å². The van der Waals surface area contributed by atoms with Crippen molar-refractivity contribution in [1.82, 2.24) is 15.5 Å². The highest BCUT2D eigenvalue weighted by atomic mass is 16.5. The van der Waals surface area contributed by atoms with Gasteiger partial charge in [-0.05, 0) is 24.5 Å². The summed E-state index contributed by atoms with van der Waals surface area (Å²) in [5, 5.41) is 16.8. The van der Waals surface area contributed by atoms with Crippen LogP contribution in [0.25, 0.3) is 10.9 Å². The number of carboxylic acid groups (broad SMARTS) is 1. The van der Waals surface area contributed by atoms with Gasteiger partial charge in [-0.25, -0.2) is 4.79 Å². The Labute approximate surface area is 143 Å². The van der Waals surface area contributed by atoms with Crippen LogP contribution in [0.2, 0.25) is 0 Å². The molecule has 3 aromatic rings. The number of nitrogens with one attached hydrogen (secondary N) is 2. The van der Waals surface area contributed by atoms with Gasteiger partial charge in [0, 0.05) is 35.5 Å². The van der Waals surface area contributed by atoms with Crippen LogP contribution >= 0.6 is 0 Å². The number of hydrogen-bond acceptors (Lipinski definition) is 4. The molecule has 25 heavy (non-hydrogen) atoms. The smallest absolute Gasteiger partial charge is 0.326 e. The fraction of sp³-hybridized carbons (Fsp3) is 0.278. The highest BCUT2D eigenvalue weighted by Crippen LogP contribution is 2.39. The first kappa shape index (κ1) is 15.4. The number of carboxylic acids is 1. The maximum Gasteiger partial charge on any atom is 0.326 e. The number of aromatic amines is 1. The molecular formula is C18H17N3O4. The lowest BCUT2D eigenvalue weighted by Gasteiger charge is -2.13. The van der Waals surface area contributed by atoms with Crippen molar-refractivity contribution >= 4 is 22.8 Å². The normalized spacial score (nSPS) is 15.2. The first-order chi connectivity index (χ1) is 12.1. The predicted octanol–water partition coefficient (Wildman–Crippen LogP) is 2.46. The van der Waals surface area contributed by atoms with Crippen LogP contribution in [0.4, 0.5) is 0 Å². The molecule has 0 radical (unpaired) electrons. The number of aromatic nitrogens is 2. The minimum absolute atomic E-state index is 0.0482. The molecule has 1 fully saturated rings. The molecule has 2 heterocycles. The summed E-state index contributed by atoms with van der Waals surface area (Å²) in [5.74, 6) is -1.24. The molecule has 1 atom stereocenters. The number of rotatable bonds is 6. The molecule has 128 valence electrons. The van der Waals surface area contributed by atoms with Crippen LogP contribution in [-0.2, 0) is 11.2 Å². The maximum atomic E-state index is 12.3. The number of carbonyl (C=O) groups is 2. The van der Waals surface area contributed by atoms with E-state index >= 15 is 0 Å². The van der Waals surface area contributed by atoms with E-state index in [1.165, 1.54) is 0 Å². The zero-order chi connectivity index (χ0) is 17.4. The largest absolute Gasteiger partial charge is 0.480 e. The molecule has 1 aliphatic carbocycles. The van der Waals surface area contributed by atoms with E-state index in [4.69, 9.17) is 4.52 Å². The van der Waals surface area contributed by atoms with Crippen molar-refractivity contribution in [3.63, 3.8) is 0 Å². The van der Waals surface area contributed by atoms with Gasteiger partial charge in [0.2, 0.25) is 5.76 Å². The van der Waals surface area contributed by atoms with Gasteiger partial charge in [0.1, 0.15) is 6.04 Å². The standard InChI is InChI=1S/C18H17N3O4/c22-17(16-8-14(21-25-16)10-5-6-10)20-15(18(23)24)7-11-9-19-13-4-2-1-3-12(11)13/h1-4,8-10,15,19H,5-7H2,(H,20,22)(H,23,24). The van der Waals surface area contributed by atoms with Crippen molar-refractivity contribution in [2.45, 2.75) is 31.2 Å². The van der Waals surface area contributed by atoms with E-state index < -0.39 is 17.9 Å². The molecule has 0 saturated heterocycles. The third kappa shape index (κ3) is 3.13. The number of benzene rings is 1. The molecule has 1 unspecified atom stereocenters. The summed E-state index contributed by atoms with van der Waals surface area (Å²) in [6.07, 6.45) is 4.04. The van der Waals surface area contributed by atoms with Gasteiger partial charge in [-0.15, -0.1) is 0 Å². The summed E-state index contributed by atoms with van der Waals surface area (Å²) in [6, 6.07) is 8.17. The third-order valence-corrected chi connectivity index (χ3v) is 4.45. The molecule has 1 aromatic carbocycles. The number of aliphatic carboxylic acids is 1. The number of hydrogen-bond donors (Lipinski definition) is 3. The highest BCUT2D eigenvalue weighted by molar-refractivity contribution is 5.94. The zero-order valence-corrected chi connectivity index (χ0v) is 13.4. The van der Waals surface area contributed by atoms with Gasteiger partial charge in [0.05, 0.1) is 5.69 Å². The van der Waals surface area contributed by atoms with Crippen LogP contribution in [0.5, 0.6) is 0 Å². The SMILES string of the molecule is O=C(NC(Cc1c[nH]c2ccccc12)C(=O)O)c1cc(C2CC2)no1. The summed E-state index contributed by atoms with van der Waals surface area (Å²) >= 11 is 0. The fourth-order valence-electron chi connectivity index (χ4n) is 2.92. The number of carbonyl (C=O) groups excluding carboxylic acids is 1. The van der Waals surface area contributed by atoms with Crippen LogP contribution in [0, 0.1) is 0 Å². The molecule has 1 amide bonds. The van der Waals surface area contributed by atoms with Crippen molar-refractivity contribution in [3.8, 4) is 0 Å². The highest BCUT2D eigenvalue weighted by Gasteiger charge is 2.29.